The summed E-state index contributed by atoms with van der Waals surface area (Å²) in [6, 6.07) is 14.6. The van der Waals surface area contributed by atoms with Crippen molar-refractivity contribution in [2.75, 3.05) is 11.4 Å². The van der Waals surface area contributed by atoms with Gasteiger partial charge in [-0.15, -0.1) is 0 Å². The molecular formula is C21H21N3O2. The maximum Gasteiger partial charge on any atom is 0.251 e. The Balaban J connectivity index is 1.65. The molecule has 132 valence electrons. The summed E-state index contributed by atoms with van der Waals surface area (Å²) in [5, 5.41) is 11.7. The zero-order valence-electron chi connectivity index (χ0n) is 15.0. The smallest absolute Gasteiger partial charge is 0.251 e. The Morgan fingerprint density at radius 2 is 1.92 bits per heavy atom. The average Bonchev–Trinajstić information content (AvgIpc) is 3.08. The zero-order chi connectivity index (χ0) is 18.7. The molecule has 0 atom stereocenters. The molecule has 0 unspecified atom stereocenters. The standard InChI is InChI=1S/C21H21N3O2/c1-14(2)21(26)24-10-9-18-11-16(5-8-19(18)24)13-23-20(25)17-6-3-15(12-22)4-7-17/h3-8,11,14H,9-10,13H2,1-2H3,(H,23,25). The van der Waals surface area contributed by atoms with Crippen LogP contribution in [0.4, 0.5) is 5.69 Å². The molecule has 0 aromatic heterocycles. The van der Waals surface area contributed by atoms with Crippen molar-refractivity contribution in [2.24, 2.45) is 5.92 Å². The molecule has 5 heteroatoms. The number of amides is 2. The zero-order valence-corrected chi connectivity index (χ0v) is 15.0. The average molecular weight is 347 g/mol. The number of nitriles is 1. The highest BCUT2D eigenvalue weighted by molar-refractivity contribution is 5.96. The van der Waals surface area contributed by atoms with Crippen molar-refractivity contribution >= 4 is 17.5 Å². The molecule has 1 aliphatic rings. The van der Waals surface area contributed by atoms with Gasteiger partial charge in [0.05, 0.1) is 11.6 Å². The molecule has 0 radical (unpaired) electrons. The van der Waals surface area contributed by atoms with Gasteiger partial charge >= 0.3 is 0 Å². The van der Waals surface area contributed by atoms with Gasteiger partial charge in [-0.3, -0.25) is 9.59 Å². The first-order chi connectivity index (χ1) is 12.5. The quantitative estimate of drug-likeness (QED) is 0.924. The number of carbonyl (C=O) groups excluding carboxylic acids is 2. The normalized spacial score (nSPS) is 12.6. The molecular weight excluding hydrogens is 326 g/mol. The summed E-state index contributed by atoms with van der Waals surface area (Å²) >= 11 is 0. The van der Waals surface area contributed by atoms with Crippen LogP contribution >= 0.6 is 0 Å². The third-order valence-electron chi connectivity index (χ3n) is 4.53. The second-order valence-corrected chi connectivity index (χ2v) is 6.73. The fourth-order valence-corrected chi connectivity index (χ4v) is 3.09. The second-order valence-electron chi connectivity index (χ2n) is 6.73. The van der Waals surface area contributed by atoms with Gasteiger partial charge < -0.3 is 10.2 Å². The van der Waals surface area contributed by atoms with Gasteiger partial charge in [-0.25, -0.2) is 0 Å². The highest BCUT2D eigenvalue weighted by Crippen LogP contribution is 2.30. The molecule has 1 heterocycles. The number of rotatable bonds is 4. The molecule has 2 aromatic rings. The molecule has 5 nitrogen and oxygen atoms in total. The lowest BCUT2D eigenvalue weighted by atomic mass is 10.1. The van der Waals surface area contributed by atoms with Crippen LogP contribution < -0.4 is 10.2 Å². The van der Waals surface area contributed by atoms with Crippen LogP contribution in [0.3, 0.4) is 0 Å². The molecule has 2 amide bonds. The Kier molecular flexibility index (Phi) is 5.04. The van der Waals surface area contributed by atoms with Crippen molar-refractivity contribution in [1.82, 2.24) is 5.32 Å². The Bertz CT molecular complexity index is 879. The fraction of sp³-hybridized carbons (Fsp3) is 0.286. The van der Waals surface area contributed by atoms with Crippen molar-refractivity contribution in [3.8, 4) is 6.07 Å². The topological polar surface area (TPSA) is 73.2 Å². The van der Waals surface area contributed by atoms with Crippen molar-refractivity contribution in [2.45, 2.75) is 26.8 Å². The summed E-state index contributed by atoms with van der Waals surface area (Å²) < 4.78 is 0. The third kappa shape index (κ3) is 3.60. The molecule has 26 heavy (non-hydrogen) atoms. The molecule has 1 N–H and O–H groups in total. The van der Waals surface area contributed by atoms with E-state index in [0.717, 1.165) is 23.2 Å². The van der Waals surface area contributed by atoms with Gasteiger partial charge in [0.1, 0.15) is 0 Å². The molecule has 0 saturated heterocycles. The van der Waals surface area contributed by atoms with E-state index in [2.05, 4.69) is 11.4 Å². The number of hydrogen-bond donors (Lipinski definition) is 1. The first kappa shape index (κ1) is 17.7. The first-order valence-corrected chi connectivity index (χ1v) is 8.71. The predicted octanol–water partition coefficient (Wildman–Crippen LogP) is 3.03. The maximum absolute atomic E-state index is 12.3. The van der Waals surface area contributed by atoms with Crippen LogP contribution in [0, 0.1) is 17.2 Å². The summed E-state index contributed by atoms with van der Waals surface area (Å²) in [6.07, 6.45) is 0.838. The number of carbonyl (C=O) groups is 2. The molecule has 0 fully saturated rings. The summed E-state index contributed by atoms with van der Waals surface area (Å²) in [5.74, 6) is -0.0513. The van der Waals surface area contributed by atoms with E-state index in [0.29, 0.717) is 24.2 Å². The summed E-state index contributed by atoms with van der Waals surface area (Å²) in [7, 11) is 0. The summed E-state index contributed by atoms with van der Waals surface area (Å²) in [5.41, 5.74) is 4.18. The highest BCUT2D eigenvalue weighted by Gasteiger charge is 2.26. The van der Waals surface area contributed by atoms with Crippen molar-refractivity contribution in [3.63, 3.8) is 0 Å². The fourth-order valence-electron chi connectivity index (χ4n) is 3.09. The van der Waals surface area contributed by atoms with Gasteiger partial charge in [-0.2, -0.15) is 5.26 Å². The Morgan fingerprint density at radius 1 is 1.19 bits per heavy atom. The molecule has 3 rings (SSSR count). The van der Waals surface area contributed by atoms with Gasteiger partial charge in [0.2, 0.25) is 5.91 Å². The third-order valence-corrected chi connectivity index (χ3v) is 4.53. The van der Waals surface area contributed by atoms with Crippen LogP contribution in [-0.2, 0) is 17.8 Å². The minimum atomic E-state index is -0.174. The minimum absolute atomic E-state index is 0.0210. The second kappa shape index (κ2) is 7.40. The van der Waals surface area contributed by atoms with E-state index >= 15 is 0 Å². The maximum atomic E-state index is 12.3. The van der Waals surface area contributed by atoms with Crippen LogP contribution in [0.1, 0.15) is 40.9 Å². The summed E-state index contributed by atoms with van der Waals surface area (Å²) in [4.78, 5) is 26.3. The number of fused-ring (bicyclic) bond motifs is 1. The van der Waals surface area contributed by atoms with Gasteiger partial charge in [0.15, 0.2) is 0 Å². The number of anilines is 1. The summed E-state index contributed by atoms with van der Waals surface area (Å²) in [6.45, 7) is 4.96. The van der Waals surface area contributed by atoms with Crippen LogP contribution in [0.5, 0.6) is 0 Å². The highest BCUT2D eigenvalue weighted by atomic mass is 16.2. The van der Waals surface area contributed by atoms with Crippen molar-refractivity contribution < 1.29 is 9.59 Å². The van der Waals surface area contributed by atoms with E-state index in [1.54, 1.807) is 24.3 Å². The number of nitrogens with zero attached hydrogens (tertiary/aromatic N) is 2. The van der Waals surface area contributed by atoms with E-state index in [9.17, 15) is 9.59 Å². The lowest BCUT2D eigenvalue weighted by Crippen LogP contribution is -2.32. The van der Waals surface area contributed by atoms with E-state index in [1.165, 1.54) is 0 Å². The molecule has 0 aliphatic carbocycles. The molecule has 0 bridgehead atoms. The van der Waals surface area contributed by atoms with Gasteiger partial charge in [-0.1, -0.05) is 26.0 Å². The van der Waals surface area contributed by atoms with Crippen molar-refractivity contribution in [3.05, 3.63) is 64.7 Å². The number of nitrogens with one attached hydrogen (secondary N) is 1. The molecule has 2 aromatic carbocycles. The number of benzene rings is 2. The van der Waals surface area contributed by atoms with E-state index in [-0.39, 0.29) is 17.7 Å². The number of hydrogen-bond acceptors (Lipinski definition) is 3. The van der Waals surface area contributed by atoms with E-state index < -0.39 is 0 Å². The van der Waals surface area contributed by atoms with Gasteiger partial charge in [0, 0.05) is 30.3 Å². The van der Waals surface area contributed by atoms with Crippen LogP contribution in [0.2, 0.25) is 0 Å². The van der Waals surface area contributed by atoms with Crippen LogP contribution in [0.25, 0.3) is 0 Å². The minimum Gasteiger partial charge on any atom is -0.348 e. The lowest BCUT2D eigenvalue weighted by Gasteiger charge is -2.19. The van der Waals surface area contributed by atoms with Crippen LogP contribution in [0.15, 0.2) is 42.5 Å². The van der Waals surface area contributed by atoms with Crippen LogP contribution in [-0.4, -0.2) is 18.4 Å². The molecule has 0 saturated carbocycles. The monoisotopic (exact) mass is 347 g/mol. The van der Waals surface area contributed by atoms with Crippen molar-refractivity contribution in [1.29, 1.82) is 5.26 Å². The van der Waals surface area contributed by atoms with E-state index in [1.807, 2.05) is 36.9 Å². The molecule has 1 aliphatic heterocycles. The predicted molar refractivity (Wildman–Crippen MR) is 99.7 cm³/mol. The van der Waals surface area contributed by atoms with Gasteiger partial charge in [-0.05, 0) is 47.9 Å². The Hall–Kier alpha value is -3.13. The lowest BCUT2D eigenvalue weighted by molar-refractivity contribution is -0.121. The molecule has 0 spiro atoms. The Morgan fingerprint density at radius 3 is 2.58 bits per heavy atom. The largest absolute Gasteiger partial charge is 0.348 e. The Labute approximate surface area is 153 Å². The SMILES string of the molecule is CC(C)C(=O)N1CCc2cc(CNC(=O)c3ccc(C#N)cc3)ccc21. The van der Waals surface area contributed by atoms with E-state index in [4.69, 9.17) is 5.26 Å². The van der Waals surface area contributed by atoms with Gasteiger partial charge in [0.25, 0.3) is 5.91 Å². The first-order valence-electron chi connectivity index (χ1n) is 8.71.